The smallest absolute Gasteiger partial charge is 0.307 e. The molecule has 0 aliphatic rings. The zero-order valence-corrected chi connectivity index (χ0v) is 11.0. The van der Waals surface area contributed by atoms with Crippen molar-refractivity contribution in [1.82, 2.24) is 5.32 Å². The van der Waals surface area contributed by atoms with E-state index in [1.807, 2.05) is 25.1 Å². The highest BCUT2D eigenvalue weighted by molar-refractivity contribution is 7.99. The molecule has 94 valence electrons. The van der Waals surface area contributed by atoms with Crippen LogP contribution in [-0.2, 0) is 4.79 Å². The van der Waals surface area contributed by atoms with E-state index in [9.17, 15) is 4.79 Å². The maximum Gasteiger partial charge on any atom is 0.307 e. The maximum atomic E-state index is 10.7. The van der Waals surface area contributed by atoms with E-state index in [-0.39, 0.29) is 12.0 Å². The highest BCUT2D eigenvalue weighted by atomic mass is 32.2. The summed E-state index contributed by atoms with van der Waals surface area (Å²) in [6, 6.07) is 10.2. The Morgan fingerprint density at radius 1 is 1.35 bits per heavy atom. The third-order valence-electron chi connectivity index (χ3n) is 2.72. The van der Waals surface area contributed by atoms with Gasteiger partial charge in [-0.05, 0) is 19.1 Å². The maximum absolute atomic E-state index is 10.7. The summed E-state index contributed by atoms with van der Waals surface area (Å²) < 4.78 is 0. The van der Waals surface area contributed by atoms with Crippen molar-refractivity contribution in [3.8, 4) is 0 Å². The van der Waals surface area contributed by atoms with Crippen molar-refractivity contribution in [2.45, 2.75) is 24.8 Å². The molecule has 0 amide bonds. The van der Waals surface area contributed by atoms with Crippen LogP contribution in [0.3, 0.4) is 0 Å². The van der Waals surface area contributed by atoms with Crippen LogP contribution in [0.1, 0.15) is 13.8 Å². The molecule has 1 aromatic carbocycles. The molecule has 0 heterocycles. The average molecular weight is 253 g/mol. The fraction of sp³-hybridized carbons (Fsp3) is 0.462. The van der Waals surface area contributed by atoms with Crippen LogP contribution in [0.25, 0.3) is 0 Å². The highest BCUT2D eigenvalue weighted by Crippen LogP contribution is 2.16. The lowest BCUT2D eigenvalue weighted by molar-refractivity contribution is -0.141. The van der Waals surface area contributed by atoms with Crippen LogP contribution in [-0.4, -0.2) is 29.4 Å². The van der Waals surface area contributed by atoms with Crippen LogP contribution in [0, 0.1) is 5.92 Å². The van der Waals surface area contributed by atoms with Crippen LogP contribution < -0.4 is 5.32 Å². The molecule has 0 bridgehead atoms. The van der Waals surface area contributed by atoms with Crippen molar-refractivity contribution in [2.75, 3.05) is 12.3 Å². The van der Waals surface area contributed by atoms with Crippen LogP contribution >= 0.6 is 11.8 Å². The number of aliphatic carboxylic acids is 1. The number of carbonyl (C=O) groups is 1. The molecular weight excluding hydrogens is 234 g/mol. The zero-order valence-electron chi connectivity index (χ0n) is 10.2. The molecule has 0 aliphatic carbocycles. The van der Waals surface area contributed by atoms with Gasteiger partial charge in [-0.3, -0.25) is 4.79 Å². The Morgan fingerprint density at radius 2 is 2.00 bits per heavy atom. The lowest BCUT2D eigenvalue weighted by atomic mass is 10.0. The van der Waals surface area contributed by atoms with Crippen LogP contribution in [0.4, 0.5) is 0 Å². The molecule has 0 radical (unpaired) electrons. The van der Waals surface area contributed by atoms with E-state index < -0.39 is 5.97 Å². The molecule has 17 heavy (non-hydrogen) atoms. The predicted molar refractivity (Wildman–Crippen MR) is 71.4 cm³/mol. The molecule has 3 nitrogen and oxygen atoms in total. The Hall–Kier alpha value is -1.00. The summed E-state index contributed by atoms with van der Waals surface area (Å²) in [5, 5.41) is 12.1. The van der Waals surface area contributed by atoms with Gasteiger partial charge in [0, 0.05) is 23.2 Å². The van der Waals surface area contributed by atoms with Gasteiger partial charge in [-0.25, -0.2) is 0 Å². The van der Waals surface area contributed by atoms with Gasteiger partial charge in [0.15, 0.2) is 0 Å². The number of carboxylic acids is 1. The summed E-state index contributed by atoms with van der Waals surface area (Å²) in [7, 11) is 0. The van der Waals surface area contributed by atoms with Gasteiger partial charge < -0.3 is 10.4 Å². The Bertz CT molecular complexity index is 343. The van der Waals surface area contributed by atoms with Crippen LogP contribution in [0.5, 0.6) is 0 Å². The van der Waals surface area contributed by atoms with Gasteiger partial charge in [0.25, 0.3) is 0 Å². The Morgan fingerprint density at radius 3 is 2.59 bits per heavy atom. The molecule has 0 aromatic heterocycles. The Balaban J connectivity index is 2.18. The second kappa shape index (κ2) is 7.35. The minimum absolute atomic E-state index is 0.00359. The number of hydrogen-bond donors (Lipinski definition) is 2. The fourth-order valence-electron chi connectivity index (χ4n) is 1.36. The first-order chi connectivity index (χ1) is 8.11. The van der Waals surface area contributed by atoms with Gasteiger partial charge in [0.2, 0.25) is 0 Å². The van der Waals surface area contributed by atoms with Gasteiger partial charge in [-0.2, -0.15) is 0 Å². The molecule has 0 fully saturated rings. The molecule has 1 aromatic rings. The molecule has 1 rings (SSSR count). The molecule has 2 unspecified atom stereocenters. The van der Waals surface area contributed by atoms with E-state index >= 15 is 0 Å². The van der Waals surface area contributed by atoms with E-state index in [2.05, 4.69) is 17.4 Å². The second-order valence-electron chi connectivity index (χ2n) is 4.03. The quantitative estimate of drug-likeness (QED) is 0.579. The van der Waals surface area contributed by atoms with Gasteiger partial charge in [-0.1, -0.05) is 25.1 Å². The van der Waals surface area contributed by atoms with Gasteiger partial charge in [0.1, 0.15) is 0 Å². The standard InChI is InChI=1S/C13H19NO2S/c1-10(13(15)16)11(2)14-8-9-17-12-6-4-3-5-7-12/h3-7,10-11,14H,8-9H2,1-2H3,(H,15,16). The molecule has 0 saturated carbocycles. The minimum atomic E-state index is -0.749. The van der Waals surface area contributed by atoms with E-state index in [0.717, 1.165) is 12.3 Å². The summed E-state index contributed by atoms with van der Waals surface area (Å²) in [5.74, 6) is -0.154. The molecule has 2 atom stereocenters. The number of rotatable bonds is 7. The van der Waals surface area contributed by atoms with E-state index in [1.54, 1.807) is 18.7 Å². The summed E-state index contributed by atoms with van der Waals surface area (Å²) in [4.78, 5) is 12.0. The largest absolute Gasteiger partial charge is 0.481 e. The van der Waals surface area contributed by atoms with E-state index in [0.29, 0.717) is 0 Å². The van der Waals surface area contributed by atoms with Crippen molar-refractivity contribution in [1.29, 1.82) is 0 Å². The number of carboxylic acid groups (broad SMARTS) is 1. The lowest BCUT2D eigenvalue weighted by Crippen LogP contribution is -2.37. The SMILES string of the molecule is CC(NCCSc1ccccc1)C(C)C(=O)O. The normalized spacial score (nSPS) is 14.2. The number of nitrogens with one attached hydrogen (secondary N) is 1. The second-order valence-corrected chi connectivity index (χ2v) is 5.20. The van der Waals surface area contributed by atoms with Crippen molar-refractivity contribution in [2.24, 2.45) is 5.92 Å². The van der Waals surface area contributed by atoms with Crippen molar-refractivity contribution in [3.05, 3.63) is 30.3 Å². The predicted octanol–water partition coefficient (Wildman–Crippen LogP) is 2.48. The highest BCUT2D eigenvalue weighted by Gasteiger charge is 2.18. The monoisotopic (exact) mass is 253 g/mol. The molecular formula is C13H19NO2S. The third-order valence-corrected chi connectivity index (χ3v) is 3.73. The first-order valence-electron chi connectivity index (χ1n) is 5.75. The average Bonchev–Trinajstić information content (AvgIpc) is 2.34. The summed E-state index contributed by atoms with van der Waals surface area (Å²) in [6.07, 6.45) is 0. The molecule has 0 aliphatic heterocycles. The Kier molecular flexibility index (Phi) is 6.08. The van der Waals surface area contributed by atoms with Crippen molar-refractivity contribution >= 4 is 17.7 Å². The topological polar surface area (TPSA) is 49.3 Å². The number of thioether (sulfide) groups is 1. The van der Waals surface area contributed by atoms with Crippen molar-refractivity contribution < 1.29 is 9.90 Å². The number of hydrogen-bond acceptors (Lipinski definition) is 3. The van der Waals surface area contributed by atoms with Gasteiger partial charge in [0.05, 0.1) is 5.92 Å². The van der Waals surface area contributed by atoms with Crippen molar-refractivity contribution in [3.63, 3.8) is 0 Å². The molecule has 0 saturated heterocycles. The summed E-state index contributed by atoms with van der Waals surface area (Å²) in [5.41, 5.74) is 0. The van der Waals surface area contributed by atoms with Crippen LogP contribution in [0.2, 0.25) is 0 Å². The zero-order chi connectivity index (χ0) is 12.7. The molecule has 0 spiro atoms. The Labute approximate surface area is 107 Å². The van der Waals surface area contributed by atoms with E-state index in [1.165, 1.54) is 4.90 Å². The summed E-state index contributed by atoms with van der Waals surface area (Å²) in [6.45, 7) is 4.45. The van der Waals surface area contributed by atoms with Gasteiger partial charge in [-0.15, -0.1) is 11.8 Å². The van der Waals surface area contributed by atoms with Crippen LogP contribution in [0.15, 0.2) is 35.2 Å². The lowest BCUT2D eigenvalue weighted by Gasteiger charge is -2.17. The first-order valence-corrected chi connectivity index (χ1v) is 6.74. The van der Waals surface area contributed by atoms with E-state index in [4.69, 9.17) is 5.11 Å². The minimum Gasteiger partial charge on any atom is -0.481 e. The molecule has 4 heteroatoms. The molecule has 2 N–H and O–H groups in total. The first kappa shape index (κ1) is 14.1. The van der Waals surface area contributed by atoms with Gasteiger partial charge >= 0.3 is 5.97 Å². The third kappa shape index (κ3) is 5.24. The fourth-order valence-corrected chi connectivity index (χ4v) is 2.17. The summed E-state index contributed by atoms with van der Waals surface area (Å²) >= 11 is 1.77. The number of benzene rings is 1.